The van der Waals surface area contributed by atoms with Crippen LogP contribution in [0.5, 0.6) is 0 Å². The third kappa shape index (κ3) is 3.94. The number of aromatic nitrogens is 1. The van der Waals surface area contributed by atoms with Crippen molar-refractivity contribution in [3.05, 3.63) is 58.0 Å². The highest BCUT2D eigenvalue weighted by atomic mass is 16.6. The Hall–Kier alpha value is -2.60. The minimum absolute atomic E-state index is 0.0751. The minimum Gasteiger partial charge on any atom is -0.450 e. The first kappa shape index (κ1) is 19.7. The van der Waals surface area contributed by atoms with E-state index in [9.17, 15) is 9.59 Å². The summed E-state index contributed by atoms with van der Waals surface area (Å²) in [7, 11) is 1.89. The summed E-state index contributed by atoms with van der Waals surface area (Å²) in [4.78, 5) is 29.2. The van der Waals surface area contributed by atoms with E-state index in [-0.39, 0.29) is 11.7 Å². The Balaban J connectivity index is 1.51. The van der Waals surface area contributed by atoms with E-state index in [4.69, 9.17) is 4.74 Å². The van der Waals surface area contributed by atoms with E-state index in [0.717, 1.165) is 62.3 Å². The summed E-state index contributed by atoms with van der Waals surface area (Å²) in [5, 5.41) is 0. The summed E-state index contributed by atoms with van der Waals surface area (Å²) < 4.78 is 6.96. The zero-order chi connectivity index (χ0) is 20.4. The lowest BCUT2D eigenvalue weighted by Crippen LogP contribution is -2.48. The summed E-state index contributed by atoms with van der Waals surface area (Å²) in [6.45, 7) is 5.56. The van der Waals surface area contributed by atoms with Crippen molar-refractivity contribution in [2.75, 3.05) is 26.2 Å². The summed E-state index contributed by atoms with van der Waals surface area (Å²) in [5.74, 6) is 0. The molecule has 0 unspecified atom stereocenters. The summed E-state index contributed by atoms with van der Waals surface area (Å²) in [6, 6.07) is 12.5. The lowest BCUT2D eigenvalue weighted by molar-refractivity contribution is 0.0702. The number of hydrogen-bond acceptors (Lipinski definition) is 4. The topological polar surface area (TPSA) is 54.8 Å². The van der Waals surface area contributed by atoms with Crippen LogP contribution in [0.3, 0.4) is 0 Å². The Morgan fingerprint density at radius 2 is 1.86 bits per heavy atom. The average Bonchev–Trinajstić information content (AvgIpc) is 2.77. The van der Waals surface area contributed by atoms with Crippen molar-refractivity contribution >= 4 is 6.09 Å². The molecular formula is C23H29N3O3. The highest BCUT2D eigenvalue weighted by Crippen LogP contribution is 2.27. The molecule has 2 aromatic rings. The molecule has 2 aliphatic heterocycles. The van der Waals surface area contributed by atoms with Crippen LogP contribution in [0, 0.1) is 0 Å². The van der Waals surface area contributed by atoms with Gasteiger partial charge in [-0.25, -0.2) is 4.79 Å². The number of piperidine rings is 1. The van der Waals surface area contributed by atoms with Crippen molar-refractivity contribution in [2.45, 2.75) is 38.8 Å². The molecule has 0 atom stereocenters. The second kappa shape index (κ2) is 8.41. The molecule has 29 heavy (non-hydrogen) atoms. The maximum Gasteiger partial charge on any atom is 0.409 e. The molecule has 4 rings (SSSR count). The molecule has 0 bridgehead atoms. The van der Waals surface area contributed by atoms with Crippen molar-refractivity contribution in [1.29, 1.82) is 0 Å². The monoisotopic (exact) mass is 395 g/mol. The number of likely N-dealkylation sites (tertiary alicyclic amines) is 1. The number of rotatable bonds is 3. The summed E-state index contributed by atoms with van der Waals surface area (Å²) >= 11 is 0. The minimum atomic E-state index is -0.197. The van der Waals surface area contributed by atoms with Crippen molar-refractivity contribution < 1.29 is 9.53 Å². The predicted molar refractivity (Wildman–Crippen MR) is 113 cm³/mol. The van der Waals surface area contributed by atoms with Crippen LogP contribution in [0.1, 0.15) is 31.0 Å². The van der Waals surface area contributed by atoms with E-state index in [1.807, 2.05) is 53.8 Å². The van der Waals surface area contributed by atoms with Crippen LogP contribution in [0.4, 0.5) is 4.79 Å². The number of pyridine rings is 1. The molecule has 1 saturated heterocycles. The number of amides is 1. The molecule has 1 aromatic carbocycles. The van der Waals surface area contributed by atoms with Crippen LogP contribution in [0.25, 0.3) is 11.1 Å². The van der Waals surface area contributed by atoms with Gasteiger partial charge in [0.1, 0.15) is 0 Å². The maximum absolute atomic E-state index is 12.9. The molecule has 0 N–H and O–H groups in total. The molecule has 1 amide bonds. The Kier molecular flexibility index (Phi) is 5.72. The molecule has 0 spiro atoms. The van der Waals surface area contributed by atoms with Gasteiger partial charge in [-0.05, 0) is 37.0 Å². The van der Waals surface area contributed by atoms with E-state index in [1.165, 1.54) is 5.56 Å². The number of ether oxygens (including phenoxy) is 1. The van der Waals surface area contributed by atoms with Gasteiger partial charge in [0.2, 0.25) is 0 Å². The van der Waals surface area contributed by atoms with Gasteiger partial charge in [0.15, 0.2) is 0 Å². The van der Waals surface area contributed by atoms with Gasteiger partial charge in [-0.2, -0.15) is 0 Å². The van der Waals surface area contributed by atoms with E-state index in [1.54, 1.807) is 0 Å². The van der Waals surface area contributed by atoms with Gasteiger partial charge in [0.05, 0.1) is 6.61 Å². The molecule has 0 radical (unpaired) electrons. The fraction of sp³-hybridized carbons (Fsp3) is 0.478. The third-order valence-corrected chi connectivity index (χ3v) is 6.23. The fourth-order valence-electron chi connectivity index (χ4n) is 4.62. The number of hydrogen-bond donors (Lipinski definition) is 0. The first-order valence-corrected chi connectivity index (χ1v) is 10.5. The van der Waals surface area contributed by atoms with Crippen molar-refractivity contribution in [3.8, 4) is 11.1 Å². The molecule has 0 saturated carbocycles. The average molecular weight is 396 g/mol. The molecular weight excluding hydrogens is 366 g/mol. The number of benzene rings is 1. The summed E-state index contributed by atoms with van der Waals surface area (Å²) in [5.41, 5.74) is 4.20. The van der Waals surface area contributed by atoms with E-state index >= 15 is 0 Å². The smallest absolute Gasteiger partial charge is 0.409 e. The van der Waals surface area contributed by atoms with Gasteiger partial charge >= 0.3 is 6.09 Å². The maximum atomic E-state index is 12.9. The van der Waals surface area contributed by atoms with Crippen molar-refractivity contribution in [1.82, 2.24) is 14.4 Å². The lowest BCUT2D eigenvalue weighted by atomic mass is 9.96. The molecule has 6 heteroatoms. The van der Waals surface area contributed by atoms with Gasteiger partial charge in [-0.3, -0.25) is 9.69 Å². The molecule has 0 aliphatic carbocycles. The predicted octanol–water partition coefficient (Wildman–Crippen LogP) is 3.03. The van der Waals surface area contributed by atoms with Crippen molar-refractivity contribution in [2.24, 2.45) is 7.05 Å². The highest BCUT2D eigenvalue weighted by molar-refractivity contribution is 5.67. The molecule has 154 valence electrons. The van der Waals surface area contributed by atoms with Crippen LogP contribution in [0.15, 0.2) is 41.2 Å². The third-order valence-electron chi connectivity index (χ3n) is 6.23. The van der Waals surface area contributed by atoms with Gasteiger partial charge in [0.25, 0.3) is 5.56 Å². The molecule has 3 heterocycles. The largest absolute Gasteiger partial charge is 0.450 e. The normalized spacial score (nSPS) is 17.8. The van der Waals surface area contributed by atoms with Gasteiger partial charge in [-0.1, -0.05) is 30.3 Å². The van der Waals surface area contributed by atoms with Crippen molar-refractivity contribution in [3.63, 3.8) is 0 Å². The van der Waals surface area contributed by atoms with E-state index in [2.05, 4.69) is 11.0 Å². The van der Waals surface area contributed by atoms with Gasteiger partial charge in [0, 0.05) is 56.9 Å². The zero-order valence-corrected chi connectivity index (χ0v) is 17.3. The van der Waals surface area contributed by atoms with Crippen LogP contribution in [-0.2, 0) is 24.8 Å². The molecule has 2 aliphatic rings. The van der Waals surface area contributed by atoms with Gasteiger partial charge < -0.3 is 14.2 Å². The summed E-state index contributed by atoms with van der Waals surface area (Å²) in [6.07, 6.45) is 2.61. The second-order valence-corrected chi connectivity index (χ2v) is 7.90. The van der Waals surface area contributed by atoms with E-state index in [0.29, 0.717) is 12.6 Å². The SMILES string of the molecule is CCOC(=O)N1CCC(N2CCc3c(cc(-c4ccccc4)c(=O)n3C)C2)CC1. The Morgan fingerprint density at radius 3 is 2.55 bits per heavy atom. The number of fused-ring (bicyclic) bond motifs is 1. The Labute approximate surface area is 171 Å². The highest BCUT2D eigenvalue weighted by Gasteiger charge is 2.30. The number of carbonyl (C=O) groups is 1. The molecule has 1 aromatic heterocycles. The molecule has 1 fully saturated rings. The standard InChI is InChI=1S/C23H29N3O3/c1-3-29-23(28)25-12-9-19(10-13-25)26-14-11-21-18(16-26)15-20(22(27)24(21)2)17-7-5-4-6-8-17/h4-8,15,19H,3,9-14,16H2,1-2H3. The first-order chi connectivity index (χ1) is 14.1. The number of nitrogens with zero attached hydrogens (tertiary/aromatic N) is 3. The van der Waals surface area contributed by atoms with Crippen LogP contribution in [0.2, 0.25) is 0 Å². The van der Waals surface area contributed by atoms with Gasteiger partial charge in [-0.15, -0.1) is 0 Å². The lowest BCUT2D eigenvalue weighted by Gasteiger charge is -2.40. The second-order valence-electron chi connectivity index (χ2n) is 7.90. The first-order valence-electron chi connectivity index (χ1n) is 10.5. The number of carbonyl (C=O) groups excluding carboxylic acids is 1. The quantitative estimate of drug-likeness (QED) is 0.802. The zero-order valence-electron chi connectivity index (χ0n) is 17.3. The van der Waals surface area contributed by atoms with Crippen LogP contribution in [-0.4, -0.2) is 52.7 Å². The van der Waals surface area contributed by atoms with Crippen LogP contribution >= 0.6 is 0 Å². The molecule has 6 nitrogen and oxygen atoms in total. The fourth-order valence-corrected chi connectivity index (χ4v) is 4.62. The van der Waals surface area contributed by atoms with E-state index < -0.39 is 0 Å². The van der Waals surface area contributed by atoms with Crippen LogP contribution < -0.4 is 5.56 Å². The Bertz CT molecular complexity index is 930. The Morgan fingerprint density at radius 1 is 1.14 bits per heavy atom.